The van der Waals surface area contributed by atoms with E-state index in [2.05, 4.69) is 27.0 Å². The van der Waals surface area contributed by atoms with Gasteiger partial charge in [-0.25, -0.2) is 9.97 Å². The lowest BCUT2D eigenvalue weighted by molar-refractivity contribution is -0.156. The lowest BCUT2D eigenvalue weighted by atomic mass is 9.85. The number of carbonyl (C=O) groups excluding carboxylic acids is 1. The Bertz CT molecular complexity index is 942. The van der Waals surface area contributed by atoms with Crippen LogP contribution in [0.4, 0.5) is 5.69 Å². The van der Waals surface area contributed by atoms with Crippen LogP contribution in [-0.4, -0.2) is 53.9 Å². The van der Waals surface area contributed by atoms with E-state index in [0.717, 1.165) is 80.2 Å². The van der Waals surface area contributed by atoms with E-state index in [1.165, 1.54) is 0 Å². The second-order valence-electron chi connectivity index (χ2n) is 9.94. The minimum Gasteiger partial charge on any atom is -0.490 e. The molecule has 1 aromatic heterocycles. The zero-order chi connectivity index (χ0) is 22.7. The Morgan fingerprint density at radius 1 is 1.16 bits per heavy atom. The van der Waals surface area contributed by atoms with Crippen molar-refractivity contribution in [3.05, 3.63) is 24.2 Å². The predicted molar refractivity (Wildman–Crippen MR) is 124 cm³/mol. The quantitative estimate of drug-likeness (QED) is 0.635. The van der Waals surface area contributed by atoms with Crippen LogP contribution in [0.3, 0.4) is 0 Å². The molecule has 2 fully saturated rings. The van der Waals surface area contributed by atoms with Gasteiger partial charge in [0.2, 0.25) is 0 Å². The van der Waals surface area contributed by atoms with Crippen molar-refractivity contribution >= 4 is 22.6 Å². The van der Waals surface area contributed by atoms with Crippen LogP contribution in [0.15, 0.2) is 18.3 Å². The number of anilines is 1. The van der Waals surface area contributed by atoms with Crippen molar-refractivity contribution in [2.45, 2.75) is 71.5 Å². The maximum atomic E-state index is 12.2. The molecule has 0 bridgehead atoms. The summed E-state index contributed by atoms with van der Waals surface area (Å²) >= 11 is 0. The molecule has 0 unspecified atom stereocenters. The van der Waals surface area contributed by atoms with Crippen molar-refractivity contribution < 1.29 is 19.0 Å². The highest BCUT2D eigenvalue weighted by molar-refractivity contribution is 5.88. The first-order valence-corrected chi connectivity index (χ1v) is 11.8. The Labute approximate surface area is 190 Å². The molecule has 0 atom stereocenters. The Balaban J connectivity index is 1.44. The summed E-state index contributed by atoms with van der Waals surface area (Å²) in [7, 11) is 0. The van der Waals surface area contributed by atoms with Gasteiger partial charge in [-0.15, -0.1) is 0 Å². The van der Waals surface area contributed by atoms with Crippen molar-refractivity contribution in [3.63, 3.8) is 0 Å². The minimum absolute atomic E-state index is 0.0985. The first-order valence-electron chi connectivity index (χ1n) is 11.8. The molecule has 1 aliphatic carbocycles. The molecule has 0 N–H and O–H groups in total. The molecule has 0 spiro atoms. The maximum absolute atomic E-state index is 12.2. The van der Waals surface area contributed by atoms with Gasteiger partial charge in [0.25, 0.3) is 0 Å². The molecule has 174 valence electrons. The molecule has 1 saturated carbocycles. The Hall–Kier alpha value is -2.41. The fourth-order valence-corrected chi connectivity index (χ4v) is 4.54. The number of aromatic nitrogens is 2. The van der Waals surface area contributed by atoms with E-state index in [1.807, 2.05) is 33.9 Å². The molecule has 32 heavy (non-hydrogen) atoms. The smallest absolute Gasteiger partial charge is 0.306 e. The van der Waals surface area contributed by atoms with Gasteiger partial charge in [0.1, 0.15) is 17.2 Å². The molecule has 1 saturated heterocycles. The number of rotatable bonds is 5. The van der Waals surface area contributed by atoms with Gasteiger partial charge in [-0.3, -0.25) is 4.79 Å². The van der Waals surface area contributed by atoms with Crippen LogP contribution in [0.5, 0.6) is 5.75 Å². The van der Waals surface area contributed by atoms with Gasteiger partial charge in [-0.1, -0.05) is 0 Å². The molecular formula is C25H35N3O4. The highest BCUT2D eigenvalue weighted by atomic mass is 16.6. The molecule has 2 heterocycles. The van der Waals surface area contributed by atoms with Gasteiger partial charge in [0.15, 0.2) is 0 Å². The standard InChI is InChI=1S/C25H35N3O4/c1-17-26-16-21-22(27-17)14-19(28-9-11-30-12-10-28)15-23(21)31-20-7-5-18(6-8-20)13-24(29)32-25(2,3)4/h14-16,18,20H,5-13H2,1-4H3. The van der Waals surface area contributed by atoms with Crippen molar-refractivity contribution in [1.82, 2.24) is 9.97 Å². The summed E-state index contributed by atoms with van der Waals surface area (Å²) in [4.78, 5) is 23.6. The van der Waals surface area contributed by atoms with Crippen molar-refractivity contribution in [1.29, 1.82) is 0 Å². The van der Waals surface area contributed by atoms with Gasteiger partial charge < -0.3 is 19.1 Å². The number of fused-ring (bicyclic) bond motifs is 1. The van der Waals surface area contributed by atoms with E-state index in [1.54, 1.807) is 0 Å². The molecule has 2 aliphatic rings. The zero-order valence-corrected chi connectivity index (χ0v) is 19.7. The number of hydrogen-bond donors (Lipinski definition) is 0. The van der Waals surface area contributed by atoms with E-state index >= 15 is 0 Å². The average molecular weight is 442 g/mol. The SMILES string of the molecule is Cc1ncc2c(OC3CCC(CC(=O)OC(C)(C)C)CC3)cc(N3CCOCC3)cc2n1. The topological polar surface area (TPSA) is 73.8 Å². The van der Waals surface area contributed by atoms with E-state index in [-0.39, 0.29) is 12.1 Å². The number of nitrogens with zero attached hydrogens (tertiary/aromatic N) is 3. The number of hydrogen-bond acceptors (Lipinski definition) is 7. The zero-order valence-electron chi connectivity index (χ0n) is 19.7. The summed E-state index contributed by atoms with van der Waals surface area (Å²) in [5, 5.41) is 0.948. The Kier molecular flexibility index (Phi) is 6.84. The third-order valence-corrected chi connectivity index (χ3v) is 6.11. The van der Waals surface area contributed by atoms with Crippen LogP contribution < -0.4 is 9.64 Å². The lowest BCUT2D eigenvalue weighted by Crippen LogP contribution is -2.36. The number of aryl methyl sites for hydroxylation is 1. The second-order valence-corrected chi connectivity index (χ2v) is 9.94. The van der Waals surface area contributed by atoms with Crippen molar-refractivity contribution in [2.24, 2.45) is 5.92 Å². The van der Waals surface area contributed by atoms with Gasteiger partial charge in [-0.05, 0) is 65.4 Å². The summed E-state index contributed by atoms with van der Waals surface area (Å²) in [5.41, 5.74) is 1.60. The number of benzene rings is 1. The van der Waals surface area contributed by atoms with E-state index in [9.17, 15) is 4.79 Å². The molecule has 2 aromatic rings. The molecule has 7 heteroatoms. The maximum Gasteiger partial charge on any atom is 0.306 e. The lowest BCUT2D eigenvalue weighted by Gasteiger charge is -2.31. The molecule has 7 nitrogen and oxygen atoms in total. The predicted octanol–water partition coefficient (Wildman–Crippen LogP) is 4.44. The van der Waals surface area contributed by atoms with Crippen LogP contribution in [0.25, 0.3) is 10.9 Å². The minimum atomic E-state index is -0.426. The van der Waals surface area contributed by atoms with Crippen LogP contribution in [0.1, 0.15) is 58.7 Å². The number of morpholine rings is 1. The average Bonchev–Trinajstić information content (AvgIpc) is 2.74. The molecule has 0 radical (unpaired) electrons. The Morgan fingerprint density at radius 3 is 2.56 bits per heavy atom. The van der Waals surface area contributed by atoms with Crippen molar-refractivity contribution in [2.75, 3.05) is 31.2 Å². The Morgan fingerprint density at radius 2 is 1.88 bits per heavy atom. The largest absolute Gasteiger partial charge is 0.490 e. The molecule has 1 aliphatic heterocycles. The second kappa shape index (κ2) is 9.61. The van der Waals surface area contributed by atoms with Gasteiger partial charge in [0.05, 0.1) is 30.2 Å². The first-order chi connectivity index (χ1) is 15.3. The van der Waals surface area contributed by atoms with Gasteiger partial charge in [-0.2, -0.15) is 0 Å². The van der Waals surface area contributed by atoms with Crippen molar-refractivity contribution in [3.8, 4) is 5.75 Å². The fraction of sp³-hybridized carbons (Fsp3) is 0.640. The third kappa shape index (κ3) is 5.88. The van der Waals surface area contributed by atoms with Crippen LogP contribution in [-0.2, 0) is 14.3 Å². The van der Waals surface area contributed by atoms with E-state index < -0.39 is 5.60 Å². The summed E-state index contributed by atoms with van der Waals surface area (Å²) in [5.74, 6) is 1.87. The monoisotopic (exact) mass is 441 g/mol. The summed E-state index contributed by atoms with van der Waals surface area (Å²) in [6.07, 6.45) is 6.31. The third-order valence-electron chi connectivity index (χ3n) is 6.11. The molecule has 1 aromatic carbocycles. The van der Waals surface area contributed by atoms with Gasteiger partial charge >= 0.3 is 5.97 Å². The van der Waals surface area contributed by atoms with Crippen LogP contribution in [0.2, 0.25) is 0 Å². The number of carbonyl (C=O) groups is 1. The number of ether oxygens (including phenoxy) is 3. The van der Waals surface area contributed by atoms with Crippen LogP contribution >= 0.6 is 0 Å². The molecular weight excluding hydrogens is 406 g/mol. The highest BCUT2D eigenvalue weighted by Crippen LogP contribution is 2.35. The van der Waals surface area contributed by atoms with Gasteiger partial charge in [0, 0.05) is 37.5 Å². The summed E-state index contributed by atoms with van der Waals surface area (Å²) in [6.45, 7) is 10.9. The van der Waals surface area contributed by atoms with Crippen LogP contribution in [0, 0.1) is 12.8 Å². The summed E-state index contributed by atoms with van der Waals surface area (Å²) < 4.78 is 17.5. The molecule has 4 rings (SSSR count). The normalized spacial score (nSPS) is 22.1. The van der Waals surface area contributed by atoms with E-state index in [4.69, 9.17) is 14.2 Å². The number of esters is 1. The van der Waals surface area contributed by atoms with E-state index in [0.29, 0.717) is 12.3 Å². The summed E-state index contributed by atoms with van der Waals surface area (Å²) in [6, 6.07) is 4.25. The fourth-order valence-electron chi connectivity index (χ4n) is 4.54. The first kappa shape index (κ1) is 22.8. The molecule has 0 amide bonds. The highest BCUT2D eigenvalue weighted by Gasteiger charge is 2.27.